The van der Waals surface area contributed by atoms with E-state index in [2.05, 4.69) is 55.7 Å². The Bertz CT molecular complexity index is 1000. The number of hydrogen-bond donors (Lipinski definition) is 0. The van der Waals surface area contributed by atoms with Crippen molar-refractivity contribution in [1.82, 2.24) is 0 Å². The van der Waals surface area contributed by atoms with Crippen LogP contribution in [0.2, 0.25) is 0 Å². The second-order valence-electron chi connectivity index (χ2n) is 14.4. The molecule has 0 aliphatic carbocycles. The molecule has 0 spiro atoms. The van der Waals surface area contributed by atoms with Crippen LogP contribution in [0.15, 0.2) is 48.5 Å². The molecule has 48 heavy (non-hydrogen) atoms. The predicted molar refractivity (Wildman–Crippen MR) is 214 cm³/mol. The number of unbranched alkanes of at least 4 members (excludes halogenated alkanes) is 20. The van der Waals surface area contributed by atoms with Crippen molar-refractivity contribution in [2.45, 2.75) is 182 Å². The van der Waals surface area contributed by atoms with Gasteiger partial charge in [0.2, 0.25) is 0 Å². The lowest BCUT2D eigenvalue weighted by Gasteiger charge is -2.34. The van der Waals surface area contributed by atoms with Crippen LogP contribution in [0, 0.1) is 0 Å². The Morgan fingerprint density at radius 3 is 1.21 bits per heavy atom. The van der Waals surface area contributed by atoms with Crippen LogP contribution in [-0.2, 0) is 0 Å². The SMILES string of the molecule is CCCCCCCCN(CCCCCCCC)c1cccc(C(=O)c2ccccc2)c1N(CCCCCCCC)CCCCCCCC. The predicted octanol–water partition coefficient (Wildman–Crippen LogP) is 14.0. The first-order chi connectivity index (χ1) is 23.7. The van der Waals surface area contributed by atoms with Gasteiger partial charge in [-0.1, -0.05) is 193 Å². The fourth-order valence-corrected chi connectivity index (χ4v) is 7.07. The number of nitrogens with zero attached hydrogens (tertiary/aromatic N) is 2. The molecule has 0 atom stereocenters. The molecule has 0 unspecified atom stereocenters. The molecule has 272 valence electrons. The lowest BCUT2D eigenvalue weighted by Crippen LogP contribution is -2.33. The number of hydrogen-bond acceptors (Lipinski definition) is 3. The van der Waals surface area contributed by atoms with Gasteiger partial charge in [0.15, 0.2) is 5.78 Å². The molecule has 2 aromatic carbocycles. The molecule has 2 rings (SSSR count). The van der Waals surface area contributed by atoms with E-state index in [-0.39, 0.29) is 5.78 Å². The Morgan fingerprint density at radius 2 is 0.792 bits per heavy atom. The Hall–Kier alpha value is -2.29. The molecule has 2 aromatic rings. The maximum Gasteiger partial charge on any atom is 0.195 e. The van der Waals surface area contributed by atoms with Crippen molar-refractivity contribution in [1.29, 1.82) is 0 Å². The van der Waals surface area contributed by atoms with Crippen molar-refractivity contribution in [2.24, 2.45) is 0 Å². The van der Waals surface area contributed by atoms with E-state index in [1.165, 1.54) is 165 Å². The number of ketones is 1. The van der Waals surface area contributed by atoms with E-state index in [0.29, 0.717) is 0 Å². The fourth-order valence-electron chi connectivity index (χ4n) is 7.07. The molecule has 0 saturated carbocycles. The molecule has 0 amide bonds. The topological polar surface area (TPSA) is 23.6 Å². The summed E-state index contributed by atoms with van der Waals surface area (Å²) >= 11 is 0. The first-order valence-corrected chi connectivity index (χ1v) is 20.9. The van der Waals surface area contributed by atoms with E-state index in [1.54, 1.807) is 0 Å². The van der Waals surface area contributed by atoms with Crippen molar-refractivity contribution in [3.05, 3.63) is 59.7 Å². The molecular weight excluding hydrogens is 585 g/mol. The van der Waals surface area contributed by atoms with Crippen LogP contribution >= 0.6 is 0 Å². The Balaban J connectivity index is 2.45. The maximum atomic E-state index is 14.3. The van der Waals surface area contributed by atoms with Gasteiger partial charge in [-0.2, -0.15) is 0 Å². The number of para-hydroxylation sites is 1. The minimum absolute atomic E-state index is 0.169. The normalized spacial score (nSPS) is 11.2. The molecule has 0 radical (unpaired) electrons. The summed E-state index contributed by atoms with van der Waals surface area (Å²) in [5.41, 5.74) is 4.21. The van der Waals surface area contributed by atoms with Crippen LogP contribution < -0.4 is 9.80 Å². The van der Waals surface area contributed by atoms with E-state index in [4.69, 9.17) is 0 Å². The largest absolute Gasteiger partial charge is 0.370 e. The van der Waals surface area contributed by atoms with Crippen molar-refractivity contribution in [3.63, 3.8) is 0 Å². The number of rotatable bonds is 32. The van der Waals surface area contributed by atoms with Gasteiger partial charge in [-0.05, 0) is 37.8 Å². The highest BCUT2D eigenvalue weighted by Crippen LogP contribution is 2.36. The third-order valence-corrected chi connectivity index (χ3v) is 10.1. The zero-order valence-corrected chi connectivity index (χ0v) is 32.2. The molecule has 0 fully saturated rings. The lowest BCUT2D eigenvalue weighted by atomic mass is 9.98. The minimum Gasteiger partial charge on any atom is -0.370 e. The number of anilines is 2. The molecule has 0 aromatic heterocycles. The average Bonchev–Trinajstić information content (AvgIpc) is 3.12. The van der Waals surface area contributed by atoms with Crippen LogP contribution in [0.5, 0.6) is 0 Å². The zero-order chi connectivity index (χ0) is 34.5. The van der Waals surface area contributed by atoms with E-state index >= 15 is 0 Å². The summed E-state index contributed by atoms with van der Waals surface area (Å²) in [7, 11) is 0. The van der Waals surface area contributed by atoms with Crippen molar-refractivity contribution in [2.75, 3.05) is 36.0 Å². The highest BCUT2D eigenvalue weighted by molar-refractivity contribution is 6.14. The molecular formula is C45H76N2O. The first kappa shape index (κ1) is 41.9. The monoisotopic (exact) mass is 661 g/mol. The lowest BCUT2D eigenvalue weighted by molar-refractivity contribution is 0.103. The number of benzene rings is 2. The van der Waals surface area contributed by atoms with E-state index in [1.807, 2.05) is 30.3 Å². The number of carbonyl (C=O) groups is 1. The first-order valence-electron chi connectivity index (χ1n) is 20.9. The van der Waals surface area contributed by atoms with Gasteiger partial charge in [-0.3, -0.25) is 4.79 Å². The van der Waals surface area contributed by atoms with Gasteiger partial charge < -0.3 is 9.80 Å². The Labute approximate surface area is 298 Å². The summed E-state index contributed by atoms with van der Waals surface area (Å²) in [5.74, 6) is 0.169. The summed E-state index contributed by atoms with van der Waals surface area (Å²) in [4.78, 5) is 19.7. The van der Waals surface area contributed by atoms with Crippen molar-refractivity contribution in [3.8, 4) is 0 Å². The summed E-state index contributed by atoms with van der Waals surface area (Å²) in [6.45, 7) is 13.4. The molecule has 0 bridgehead atoms. The smallest absolute Gasteiger partial charge is 0.195 e. The summed E-state index contributed by atoms with van der Waals surface area (Å²) in [6.07, 6.45) is 31.2. The van der Waals surface area contributed by atoms with Gasteiger partial charge in [0, 0.05) is 37.3 Å². The van der Waals surface area contributed by atoms with E-state index in [0.717, 1.165) is 37.3 Å². The van der Waals surface area contributed by atoms with E-state index < -0.39 is 0 Å². The standard InChI is InChI=1S/C45H76N2O/c1-5-9-13-17-21-28-37-46(38-29-22-18-14-10-6-2)43-36-32-35-42(45(48)41-33-26-25-27-34-41)44(43)47(39-30-23-19-15-11-7-3)40-31-24-20-16-12-8-4/h25-27,32-36H,5-24,28-31,37-40H2,1-4H3. The van der Waals surface area contributed by atoms with Gasteiger partial charge in [0.25, 0.3) is 0 Å². The van der Waals surface area contributed by atoms with Crippen LogP contribution in [0.4, 0.5) is 11.4 Å². The summed E-state index contributed by atoms with van der Waals surface area (Å²) in [6, 6.07) is 16.6. The molecule has 0 N–H and O–H groups in total. The van der Waals surface area contributed by atoms with Crippen LogP contribution in [0.1, 0.15) is 198 Å². The molecule has 0 aliphatic heterocycles. The number of carbonyl (C=O) groups excluding carboxylic acids is 1. The molecule has 3 heteroatoms. The minimum atomic E-state index is 0.169. The van der Waals surface area contributed by atoms with Crippen LogP contribution in [0.25, 0.3) is 0 Å². The van der Waals surface area contributed by atoms with Crippen LogP contribution in [0.3, 0.4) is 0 Å². The third-order valence-electron chi connectivity index (χ3n) is 10.1. The van der Waals surface area contributed by atoms with Gasteiger partial charge in [0.1, 0.15) is 0 Å². The van der Waals surface area contributed by atoms with Crippen molar-refractivity contribution < 1.29 is 4.79 Å². The zero-order valence-electron chi connectivity index (χ0n) is 32.2. The van der Waals surface area contributed by atoms with Gasteiger partial charge in [0.05, 0.1) is 11.4 Å². The van der Waals surface area contributed by atoms with E-state index in [9.17, 15) is 4.79 Å². The quantitative estimate of drug-likeness (QED) is 0.0576. The molecule has 0 heterocycles. The third kappa shape index (κ3) is 17.4. The van der Waals surface area contributed by atoms with Crippen LogP contribution in [-0.4, -0.2) is 32.0 Å². The molecule has 0 aliphatic rings. The highest BCUT2D eigenvalue weighted by Gasteiger charge is 2.24. The molecule has 0 saturated heterocycles. The maximum absolute atomic E-state index is 14.3. The Kier molecular flexibility index (Phi) is 24.9. The molecule has 3 nitrogen and oxygen atoms in total. The Morgan fingerprint density at radius 1 is 0.417 bits per heavy atom. The van der Waals surface area contributed by atoms with Gasteiger partial charge >= 0.3 is 0 Å². The summed E-state index contributed by atoms with van der Waals surface area (Å²) in [5, 5.41) is 0. The fraction of sp³-hybridized carbons (Fsp3) is 0.711. The summed E-state index contributed by atoms with van der Waals surface area (Å²) < 4.78 is 0. The van der Waals surface area contributed by atoms with Gasteiger partial charge in [-0.15, -0.1) is 0 Å². The van der Waals surface area contributed by atoms with Gasteiger partial charge in [-0.25, -0.2) is 0 Å². The average molecular weight is 661 g/mol. The highest BCUT2D eigenvalue weighted by atomic mass is 16.1. The second kappa shape index (κ2) is 28.5. The van der Waals surface area contributed by atoms with Crippen molar-refractivity contribution >= 4 is 17.2 Å². The second-order valence-corrected chi connectivity index (χ2v) is 14.4.